The second-order valence-corrected chi connectivity index (χ2v) is 7.82. The number of hydrogen-bond donors (Lipinski definition) is 0. The lowest BCUT2D eigenvalue weighted by Gasteiger charge is -2.21. The molecular formula is C12H26O2S. The monoisotopic (exact) mass is 234 g/mol. The van der Waals surface area contributed by atoms with Gasteiger partial charge in [-0.25, -0.2) is 8.42 Å². The molecule has 1 atom stereocenters. The average molecular weight is 234 g/mol. The maximum Gasteiger partial charge on any atom is 0.155 e. The van der Waals surface area contributed by atoms with Crippen LogP contribution in [0.15, 0.2) is 0 Å². The summed E-state index contributed by atoms with van der Waals surface area (Å²) in [6.07, 6.45) is 3.72. The van der Waals surface area contributed by atoms with Crippen molar-refractivity contribution in [2.75, 3.05) is 0 Å². The van der Waals surface area contributed by atoms with Crippen LogP contribution in [0.5, 0.6) is 0 Å². The van der Waals surface area contributed by atoms with Crippen molar-refractivity contribution in [2.24, 2.45) is 5.92 Å². The van der Waals surface area contributed by atoms with E-state index in [9.17, 15) is 8.42 Å². The summed E-state index contributed by atoms with van der Waals surface area (Å²) in [7, 11) is -2.91. The van der Waals surface area contributed by atoms with E-state index in [1.165, 1.54) is 0 Å². The fraction of sp³-hybridized carbons (Fsp3) is 1.00. The molecule has 0 saturated heterocycles. The van der Waals surface area contributed by atoms with Crippen LogP contribution >= 0.6 is 0 Å². The van der Waals surface area contributed by atoms with E-state index in [1.807, 2.05) is 0 Å². The topological polar surface area (TPSA) is 34.1 Å². The first-order chi connectivity index (χ1) is 6.82. The van der Waals surface area contributed by atoms with Gasteiger partial charge in [0.05, 0.1) is 10.5 Å². The van der Waals surface area contributed by atoms with Crippen LogP contribution in [0.25, 0.3) is 0 Å². The van der Waals surface area contributed by atoms with Crippen LogP contribution < -0.4 is 0 Å². The van der Waals surface area contributed by atoms with Crippen LogP contribution in [0.4, 0.5) is 0 Å². The summed E-state index contributed by atoms with van der Waals surface area (Å²) in [5, 5.41) is -0.365. The zero-order valence-corrected chi connectivity index (χ0v) is 11.6. The number of unbranched alkanes of at least 4 members (excludes halogenated alkanes) is 1. The lowest BCUT2D eigenvalue weighted by Crippen LogP contribution is -2.29. The summed E-state index contributed by atoms with van der Waals surface area (Å²) in [6.45, 7) is 9.86. The molecule has 0 aromatic rings. The molecule has 0 fully saturated rings. The highest BCUT2D eigenvalue weighted by atomic mass is 32.2. The highest BCUT2D eigenvalue weighted by Gasteiger charge is 2.28. The Morgan fingerprint density at radius 2 is 1.60 bits per heavy atom. The molecule has 0 unspecified atom stereocenters. The smallest absolute Gasteiger partial charge is 0.155 e. The van der Waals surface area contributed by atoms with Crippen molar-refractivity contribution in [3.05, 3.63) is 0 Å². The van der Waals surface area contributed by atoms with Gasteiger partial charge in [-0.1, -0.05) is 33.6 Å². The molecule has 3 heteroatoms. The minimum Gasteiger partial charge on any atom is -0.228 e. The Kier molecular flexibility index (Phi) is 6.49. The third-order valence-corrected chi connectivity index (χ3v) is 5.41. The molecule has 0 aromatic heterocycles. The molecule has 0 aliphatic heterocycles. The summed E-state index contributed by atoms with van der Waals surface area (Å²) in [5.74, 6) is 0.459. The molecule has 0 saturated carbocycles. The zero-order valence-electron chi connectivity index (χ0n) is 10.8. The molecule has 0 N–H and O–H groups in total. The van der Waals surface area contributed by atoms with Gasteiger partial charge in [0, 0.05) is 0 Å². The van der Waals surface area contributed by atoms with Crippen LogP contribution in [0.1, 0.15) is 60.3 Å². The van der Waals surface area contributed by atoms with Crippen molar-refractivity contribution < 1.29 is 8.42 Å². The first kappa shape index (κ1) is 14.9. The van der Waals surface area contributed by atoms with E-state index >= 15 is 0 Å². The predicted octanol–water partition coefficient (Wildman–Crippen LogP) is 3.41. The molecular weight excluding hydrogens is 208 g/mol. The third-order valence-electron chi connectivity index (χ3n) is 2.74. The average Bonchev–Trinajstić information content (AvgIpc) is 2.11. The van der Waals surface area contributed by atoms with Crippen LogP contribution in [0.2, 0.25) is 0 Å². The van der Waals surface area contributed by atoms with E-state index < -0.39 is 9.84 Å². The Morgan fingerprint density at radius 1 is 1.07 bits per heavy atom. The minimum absolute atomic E-state index is 0.127. The van der Waals surface area contributed by atoms with E-state index in [4.69, 9.17) is 0 Å². The molecule has 0 heterocycles. The summed E-state index contributed by atoms with van der Waals surface area (Å²) in [4.78, 5) is 0. The fourth-order valence-electron chi connectivity index (χ4n) is 1.76. The molecule has 0 amide bonds. The van der Waals surface area contributed by atoms with Crippen molar-refractivity contribution in [1.29, 1.82) is 0 Å². The molecule has 92 valence electrons. The van der Waals surface area contributed by atoms with Gasteiger partial charge in [-0.15, -0.1) is 0 Å². The van der Waals surface area contributed by atoms with E-state index in [2.05, 4.69) is 20.8 Å². The Bertz CT molecular complexity index is 253. The van der Waals surface area contributed by atoms with Gasteiger partial charge >= 0.3 is 0 Å². The van der Waals surface area contributed by atoms with E-state index in [0.29, 0.717) is 5.92 Å². The lowest BCUT2D eigenvalue weighted by atomic mass is 10.0. The van der Waals surface area contributed by atoms with Crippen LogP contribution in [-0.4, -0.2) is 18.9 Å². The van der Waals surface area contributed by atoms with Crippen LogP contribution in [-0.2, 0) is 9.84 Å². The Morgan fingerprint density at radius 3 is 1.93 bits per heavy atom. The van der Waals surface area contributed by atoms with Crippen molar-refractivity contribution in [3.8, 4) is 0 Å². The Balaban J connectivity index is 4.61. The van der Waals surface area contributed by atoms with Crippen molar-refractivity contribution >= 4 is 9.84 Å². The van der Waals surface area contributed by atoms with Gasteiger partial charge in [-0.2, -0.15) is 0 Å². The summed E-state index contributed by atoms with van der Waals surface area (Å²) < 4.78 is 24.1. The van der Waals surface area contributed by atoms with E-state index in [0.717, 1.165) is 25.7 Å². The van der Waals surface area contributed by atoms with Gasteiger partial charge in [0.25, 0.3) is 0 Å². The maximum absolute atomic E-state index is 12.1. The number of hydrogen-bond acceptors (Lipinski definition) is 2. The van der Waals surface area contributed by atoms with Gasteiger partial charge in [0.15, 0.2) is 9.84 Å². The third kappa shape index (κ3) is 5.01. The molecule has 0 aromatic carbocycles. The molecule has 0 aliphatic carbocycles. The highest BCUT2D eigenvalue weighted by molar-refractivity contribution is 7.92. The zero-order chi connectivity index (χ0) is 12.1. The van der Waals surface area contributed by atoms with Gasteiger partial charge in [0.2, 0.25) is 0 Å². The number of sulfone groups is 1. The van der Waals surface area contributed by atoms with Crippen molar-refractivity contribution in [3.63, 3.8) is 0 Å². The van der Waals surface area contributed by atoms with Crippen LogP contribution in [0, 0.1) is 5.92 Å². The van der Waals surface area contributed by atoms with Gasteiger partial charge in [-0.3, -0.25) is 0 Å². The normalized spacial score (nSPS) is 14.9. The SMILES string of the molecule is CCCC[C@@H](CC(C)C)S(=O)(=O)C(C)C. The molecule has 2 nitrogen and oxygen atoms in total. The molecule has 0 bridgehead atoms. The predicted molar refractivity (Wildman–Crippen MR) is 66.8 cm³/mol. The molecule has 0 rings (SSSR count). The lowest BCUT2D eigenvalue weighted by molar-refractivity contribution is 0.495. The molecule has 15 heavy (non-hydrogen) atoms. The first-order valence-electron chi connectivity index (χ1n) is 6.05. The quantitative estimate of drug-likeness (QED) is 0.676. The van der Waals surface area contributed by atoms with E-state index in [-0.39, 0.29) is 10.5 Å². The minimum atomic E-state index is -2.91. The molecule has 0 aliphatic rings. The first-order valence-corrected chi connectivity index (χ1v) is 7.66. The van der Waals surface area contributed by atoms with Crippen molar-refractivity contribution in [2.45, 2.75) is 70.8 Å². The van der Waals surface area contributed by atoms with Crippen molar-refractivity contribution in [1.82, 2.24) is 0 Å². The second kappa shape index (κ2) is 6.51. The molecule has 0 radical (unpaired) electrons. The second-order valence-electron chi connectivity index (χ2n) is 5.03. The maximum atomic E-state index is 12.1. The fourth-order valence-corrected chi connectivity index (χ4v) is 3.68. The summed E-state index contributed by atoms with van der Waals surface area (Å²) in [5.41, 5.74) is 0. The summed E-state index contributed by atoms with van der Waals surface area (Å²) >= 11 is 0. The highest BCUT2D eigenvalue weighted by Crippen LogP contribution is 2.22. The molecule has 0 spiro atoms. The van der Waals surface area contributed by atoms with E-state index in [1.54, 1.807) is 13.8 Å². The largest absolute Gasteiger partial charge is 0.228 e. The standard InChI is InChI=1S/C12H26O2S/c1-6-7-8-12(9-10(2)3)15(13,14)11(4)5/h10-12H,6-9H2,1-5H3/t12-/m0/s1. The summed E-state index contributed by atoms with van der Waals surface area (Å²) in [6, 6.07) is 0. The van der Waals surface area contributed by atoms with Gasteiger partial charge in [-0.05, 0) is 32.6 Å². The van der Waals surface area contributed by atoms with Gasteiger partial charge < -0.3 is 0 Å². The van der Waals surface area contributed by atoms with Crippen LogP contribution in [0.3, 0.4) is 0 Å². The number of rotatable bonds is 7. The Labute approximate surface area is 95.4 Å². The Hall–Kier alpha value is -0.0500. The van der Waals surface area contributed by atoms with Gasteiger partial charge in [0.1, 0.15) is 0 Å².